The molecule has 1 aliphatic rings. The minimum absolute atomic E-state index is 0.131. The average molecular weight is 421 g/mol. The average Bonchev–Trinajstić information content (AvgIpc) is 2.70. The van der Waals surface area contributed by atoms with Crippen LogP contribution in [-0.2, 0) is 9.59 Å². The SMILES string of the molecule is CCCCC/C=C/C1C(CC)C=CC(CC(=O)O)C1CCCCCCCCC(=O)O. The predicted octanol–water partition coefficient (Wildman–Crippen LogP) is 7.25. The number of carbonyl (C=O) groups is 2. The molecule has 0 radical (unpaired) electrons. The highest BCUT2D eigenvalue weighted by Gasteiger charge is 2.34. The smallest absolute Gasteiger partial charge is 0.303 e. The molecule has 0 heterocycles. The zero-order chi connectivity index (χ0) is 22.2. The second-order valence-corrected chi connectivity index (χ2v) is 8.94. The van der Waals surface area contributed by atoms with Gasteiger partial charge in [0.2, 0.25) is 0 Å². The Hall–Kier alpha value is -1.58. The zero-order valence-electron chi connectivity index (χ0n) is 19.2. The molecule has 0 saturated carbocycles. The van der Waals surface area contributed by atoms with Crippen LogP contribution in [0.1, 0.15) is 104 Å². The molecule has 1 rings (SSSR count). The molecule has 0 amide bonds. The van der Waals surface area contributed by atoms with E-state index in [-0.39, 0.29) is 18.8 Å². The molecule has 0 aromatic rings. The molecule has 0 aliphatic heterocycles. The van der Waals surface area contributed by atoms with Crippen molar-refractivity contribution in [2.45, 2.75) is 104 Å². The summed E-state index contributed by atoms with van der Waals surface area (Å²) in [5.41, 5.74) is 0. The van der Waals surface area contributed by atoms with Crippen molar-refractivity contribution in [1.82, 2.24) is 0 Å². The highest BCUT2D eigenvalue weighted by molar-refractivity contribution is 5.67. The number of rotatable bonds is 17. The summed E-state index contributed by atoms with van der Waals surface area (Å²) in [6.45, 7) is 4.46. The van der Waals surface area contributed by atoms with Gasteiger partial charge in [-0.3, -0.25) is 9.59 Å². The summed E-state index contributed by atoms with van der Waals surface area (Å²) < 4.78 is 0. The van der Waals surface area contributed by atoms with E-state index in [4.69, 9.17) is 5.11 Å². The Kier molecular flexibility index (Phi) is 14.2. The van der Waals surface area contributed by atoms with Crippen LogP contribution in [0.3, 0.4) is 0 Å². The summed E-state index contributed by atoms with van der Waals surface area (Å²) >= 11 is 0. The third-order valence-electron chi connectivity index (χ3n) is 6.54. The van der Waals surface area contributed by atoms with E-state index in [0.29, 0.717) is 17.8 Å². The monoisotopic (exact) mass is 420 g/mol. The number of hydrogen-bond acceptors (Lipinski definition) is 2. The van der Waals surface area contributed by atoms with Gasteiger partial charge in [0.05, 0.1) is 6.42 Å². The van der Waals surface area contributed by atoms with Crippen molar-refractivity contribution in [3.8, 4) is 0 Å². The van der Waals surface area contributed by atoms with E-state index in [2.05, 4.69) is 38.2 Å². The largest absolute Gasteiger partial charge is 0.481 e. The molecule has 0 bridgehead atoms. The van der Waals surface area contributed by atoms with Gasteiger partial charge in [-0.25, -0.2) is 0 Å². The van der Waals surface area contributed by atoms with Crippen molar-refractivity contribution in [2.75, 3.05) is 0 Å². The Balaban J connectivity index is 2.61. The molecule has 0 spiro atoms. The van der Waals surface area contributed by atoms with E-state index in [9.17, 15) is 14.7 Å². The van der Waals surface area contributed by atoms with E-state index in [1.54, 1.807) is 0 Å². The third-order valence-corrected chi connectivity index (χ3v) is 6.54. The lowest BCUT2D eigenvalue weighted by Crippen LogP contribution is -2.31. The normalized spacial score (nSPS) is 23.8. The fourth-order valence-corrected chi connectivity index (χ4v) is 4.81. The van der Waals surface area contributed by atoms with Gasteiger partial charge in [-0.1, -0.05) is 83.1 Å². The molecule has 30 heavy (non-hydrogen) atoms. The molecule has 4 unspecified atom stereocenters. The number of carboxylic acid groups (broad SMARTS) is 2. The minimum Gasteiger partial charge on any atom is -0.481 e. The Labute approximate surface area is 183 Å². The van der Waals surface area contributed by atoms with Crippen LogP contribution in [0.25, 0.3) is 0 Å². The van der Waals surface area contributed by atoms with Gasteiger partial charge in [-0.15, -0.1) is 0 Å². The van der Waals surface area contributed by atoms with Crippen molar-refractivity contribution in [2.24, 2.45) is 23.7 Å². The van der Waals surface area contributed by atoms with Crippen LogP contribution in [0.2, 0.25) is 0 Å². The molecule has 0 aromatic heterocycles. The Morgan fingerprint density at radius 1 is 0.833 bits per heavy atom. The summed E-state index contributed by atoms with van der Waals surface area (Å²) in [4.78, 5) is 22.0. The molecule has 4 atom stereocenters. The number of unbranched alkanes of at least 4 members (excludes halogenated alkanes) is 8. The summed E-state index contributed by atoms with van der Waals surface area (Å²) in [6.07, 6.45) is 23.0. The number of aliphatic carboxylic acids is 2. The van der Waals surface area contributed by atoms with Crippen LogP contribution >= 0.6 is 0 Å². The first kappa shape index (κ1) is 26.5. The van der Waals surface area contributed by atoms with Crippen LogP contribution < -0.4 is 0 Å². The lowest BCUT2D eigenvalue weighted by Gasteiger charge is -2.38. The maximum atomic E-state index is 11.4. The van der Waals surface area contributed by atoms with Gasteiger partial charge in [-0.2, -0.15) is 0 Å². The van der Waals surface area contributed by atoms with Crippen LogP contribution in [0.15, 0.2) is 24.3 Å². The zero-order valence-corrected chi connectivity index (χ0v) is 19.2. The Morgan fingerprint density at radius 2 is 1.50 bits per heavy atom. The van der Waals surface area contributed by atoms with Crippen LogP contribution in [0.5, 0.6) is 0 Å². The second-order valence-electron chi connectivity index (χ2n) is 8.94. The lowest BCUT2D eigenvalue weighted by atomic mass is 9.66. The maximum absolute atomic E-state index is 11.4. The number of allylic oxidation sites excluding steroid dienone is 4. The quantitative estimate of drug-likeness (QED) is 0.192. The lowest BCUT2D eigenvalue weighted by molar-refractivity contribution is -0.138. The first-order chi connectivity index (χ1) is 14.5. The van der Waals surface area contributed by atoms with E-state index in [1.807, 2.05) is 0 Å². The van der Waals surface area contributed by atoms with Gasteiger partial charge in [0.25, 0.3) is 0 Å². The van der Waals surface area contributed by atoms with Crippen molar-refractivity contribution in [3.63, 3.8) is 0 Å². The minimum atomic E-state index is -0.705. The number of hydrogen-bond donors (Lipinski definition) is 2. The Morgan fingerprint density at radius 3 is 2.13 bits per heavy atom. The molecule has 1 aliphatic carbocycles. The molecular weight excluding hydrogens is 376 g/mol. The van der Waals surface area contributed by atoms with Crippen LogP contribution in [0.4, 0.5) is 0 Å². The maximum Gasteiger partial charge on any atom is 0.303 e. The van der Waals surface area contributed by atoms with E-state index in [1.165, 1.54) is 19.3 Å². The summed E-state index contributed by atoms with van der Waals surface area (Å²) in [7, 11) is 0. The molecule has 0 fully saturated rings. The first-order valence-electron chi connectivity index (χ1n) is 12.3. The van der Waals surface area contributed by atoms with Gasteiger partial charge in [-0.05, 0) is 55.8 Å². The second kappa shape index (κ2) is 16.2. The van der Waals surface area contributed by atoms with Gasteiger partial charge in [0.15, 0.2) is 0 Å². The first-order valence-corrected chi connectivity index (χ1v) is 12.3. The van der Waals surface area contributed by atoms with Crippen molar-refractivity contribution >= 4 is 11.9 Å². The fourth-order valence-electron chi connectivity index (χ4n) is 4.81. The van der Waals surface area contributed by atoms with Gasteiger partial charge < -0.3 is 10.2 Å². The molecule has 0 saturated heterocycles. The van der Waals surface area contributed by atoms with Crippen LogP contribution in [-0.4, -0.2) is 22.2 Å². The van der Waals surface area contributed by atoms with E-state index < -0.39 is 11.9 Å². The van der Waals surface area contributed by atoms with Gasteiger partial charge >= 0.3 is 11.9 Å². The molecule has 2 N–H and O–H groups in total. The molecule has 4 heteroatoms. The standard InChI is InChI=1S/C26H44O4/c1-3-5-6-9-12-15-23-21(4-2)18-19-22(20-26(29)30)24(23)16-13-10-7-8-11-14-17-25(27)28/h12,15,18-19,21-24H,3-11,13-14,16-17,20H2,1-2H3,(H,27,28)(H,29,30)/b15-12+. The predicted molar refractivity (Wildman–Crippen MR) is 123 cm³/mol. The van der Waals surface area contributed by atoms with Gasteiger partial charge in [0.1, 0.15) is 0 Å². The highest BCUT2D eigenvalue weighted by Crippen LogP contribution is 2.41. The van der Waals surface area contributed by atoms with E-state index >= 15 is 0 Å². The fraction of sp³-hybridized carbons (Fsp3) is 0.769. The number of carboxylic acids is 2. The van der Waals surface area contributed by atoms with Crippen molar-refractivity contribution in [1.29, 1.82) is 0 Å². The molecule has 4 nitrogen and oxygen atoms in total. The highest BCUT2D eigenvalue weighted by atomic mass is 16.4. The summed E-state index contributed by atoms with van der Waals surface area (Å²) in [5.74, 6) is 0.0921. The van der Waals surface area contributed by atoms with Crippen LogP contribution in [0, 0.1) is 23.7 Å². The summed E-state index contributed by atoms with van der Waals surface area (Å²) in [6, 6.07) is 0. The summed E-state index contributed by atoms with van der Waals surface area (Å²) in [5, 5.41) is 18.1. The molecule has 172 valence electrons. The molecule has 0 aromatic carbocycles. The molecular formula is C26H44O4. The van der Waals surface area contributed by atoms with Crippen molar-refractivity contribution in [3.05, 3.63) is 24.3 Å². The van der Waals surface area contributed by atoms with Crippen molar-refractivity contribution < 1.29 is 19.8 Å². The topological polar surface area (TPSA) is 74.6 Å². The van der Waals surface area contributed by atoms with Gasteiger partial charge in [0, 0.05) is 6.42 Å². The Bertz CT molecular complexity index is 537. The third kappa shape index (κ3) is 11.0. The van der Waals surface area contributed by atoms with E-state index in [0.717, 1.165) is 57.8 Å².